The number of rotatable bonds is 7. The zero-order valence-electron chi connectivity index (χ0n) is 13.1. The van der Waals surface area contributed by atoms with Crippen LogP contribution in [-0.2, 0) is 9.53 Å². The molecule has 0 aliphatic heterocycles. The summed E-state index contributed by atoms with van der Waals surface area (Å²) in [6, 6.07) is 10.5. The highest BCUT2D eigenvalue weighted by molar-refractivity contribution is 7.99. The molecule has 0 saturated heterocycles. The summed E-state index contributed by atoms with van der Waals surface area (Å²) in [5.41, 5.74) is 0.320. The van der Waals surface area contributed by atoms with Crippen molar-refractivity contribution < 1.29 is 14.3 Å². The number of amides is 1. The molecule has 1 heterocycles. The zero-order chi connectivity index (χ0) is 17.4. The first kappa shape index (κ1) is 18.3. The lowest BCUT2D eigenvalue weighted by atomic mass is 10.3. The van der Waals surface area contributed by atoms with Crippen LogP contribution < -0.4 is 5.32 Å². The SMILES string of the molecule is CCCNC(=O)COC(=O)c1cccnc1Sc1ccc(Cl)cc1. The third kappa shape index (κ3) is 5.54. The van der Waals surface area contributed by atoms with E-state index in [-0.39, 0.29) is 12.5 Å². The molecular formula is C17H17ClN2O3S. The lowest BCUT2D eigenvalue weighted by Gasteiger charge is -2.09. The van der Waals surface area contributed by atoms with Crippen molar-refractivity contribution in [2.75, 3.05) is 13.2 Å². The van der Waals surface area contributed by atoms with Gasteiger partial charge in [0.2, 0.25) is 0 Å². The lowest BCUT2D eigenvalue weighted by molar-refractivity contribution is -0.124. The van der Waals surface area contributed by atoms with Crippen LogP contribution in [0.3, 0.4) is 0 Å². The normalized spacial score (nSPS) is 10.2. The highest BCUT2D eigenvalue weighted by Gasteiger charge is 2.16. The molecule has 0 saturated carbocycles. The number of ether oxygens (including phenoxy) is 1. The minimum atomic E-state index is -0.578. The lowest BCUT2D eigenvalue weighted by Crippen LogP contribution is -2.29. The van der Waals surface area contributed by atoms with Gasteiger partial charge in [0, 0.05) is 22.7 Å². The van der Waals surface area contributed by atoms with Crippen molar-refractivity contribution in [2.24, 2.45) is 0 Å². The Kier molecular flexibility index (Phi) is 7.08. The molecule has 1 aromatic carbocycles. The number of nitrogens with one attached hydrogen (secondary N) is 1. The molecule has 0 spiro atoms. The van der Waals surface area contributed by atoms with Gasteiger partial charge in [-0.15, -0.1) is 0 Å². The van der Waals surface area contributed by atoms with Crippen LogP contribution in [0, 0.1) is 0 Å². The molecule has 1 amide bonds. The van der Waals surface area contributed by atoms with Crippen molar-refractivity contribution in [2.45, 2.75) is 23.3 Å². The smallest absolute Gasteiger partial charge is 0.341 e. The highest BCUT2D eigenvalue weighted by atomic mass is 35.5. The van der Waals surface area contributed by atoms with E-state index in [0.717, 1.165) is 11.3 Å². The second-order valence-electron chi connectivity index (χ2n) is 4.84. The number of aromatic nitrogens is 1. The van der Waals surface area contributed by atoms with Gasteiger partial charge in [-0.05, 0) is 42.8 Å². The first-order valence-corrected chi connectivity index (χ1v) is 8.62. The number of esters is 1. The van der Waals surface area contributed by atoms with Gasteiger partial charge in [0.25, 0.3) is 5.91 Å². The molecule has 0 fully saturated rings. The predicted octanol–water partition coefficient (Wildman–Crippen LogP) is 3.57. The van der Waals surface area contributed by atoms with Crippen molar-refractivity contribution in [3.8, 4) is 0 Å². The second kappa shape index (κ2) is 9.30. The maximum absolute atomic E-state index is 12.2. The van der Waals surface area contributed by atoms with E-state index in [4.69, 9.17) is 16.3 Å². The van der Waals surface area contributed by atoms with Gasteiger partial charge in [-0.2, -0.15) is 0 Å². The minimum absolute atomic E-state index is 0.307. The summed E-state index contributed by atoms with van der Waals surface area (Å²) in [5, 5.41) is 3.80. The molecule has 7 heteroatoms. The zero-order valence-corrected chi connectivity index (χ0v) is 14.7. The van der Waals surface area contributed by atoms with Crippen LogP contribution in [0.4, 0.5) is 0 Å². The summed E-state index contributed by atoms with van der Waals surface area (Å²) in [6.45, 7) is 2.20. The van der Waals surface area contributed by atoms with E-state index in [1.807, 2.05) is 19.1 Å². The first-order valence-electron chi connectivity index (χ1n) is 7.42. The summed E-state index contributed by atoms with van der Waals surface area (Å²) in [4.78, 5) is 28.9. The average molecular weight is 365 g/mol. The Balaban J connectivity index is 2.03. The van der Waals surface area contributed by atoms with Crippen molar-refractivity contribution in [3.05, 3.63) is 53.2 Å². The van der Waals surface area contributed by atoms with Crippen molar-refractivity contribution in [1.82, 2.24) is 10.3 Å². The predicted molar refractivity (Wildman–Crippen MR) is 93.4 cm³/mol. The van der Waals surface area contributed by atoms with Gasteiger partial charge in [-0.25, -0.2) is 9.78 Å². The van der Waals surface area contributed by atoms with Crippen molar-refractivity contribution in [3.63, 3.8) is 0 Å². The van der Waals surface area contributed by atoms with E-state index < -0.39 is 5.97 Å². The fourth-order valence-corrected chi connectivity index (χ4v) is 2.76. The van der Waals surface area contributed by atoms with Gasteiger partial charge >= 0.3 is 5.97 Å². The van der Waals surface area contributed by atoms with Crippen molar-refractivity contribution in [1.29, 1.82) is 0 Å². The fourth-order valence-electron chi connectivity index (χ4n) is 1.77. The van der Waals surface area contributed by atoms with E-state index in [1.54, 1.807) is 30.5 Å². The van der Waals surface area contributed by atoms with Crippen molar-refractivity contribution >= 4 is 35.2 Å². The molecule has 2 rings (SSSR count). The minimum Gasteiger partial charge on any atom is -0.452 e. The van der Waals surface area contributed by atoms with Gasteiger partial charge in [-0.1, -0.05) is 30.3 Å². The van der Waals surface area contributed by atoms with Gasteiger partial charge in [-0.3, -0.25) is 4.79 Å². The van der Waals surface area contributed by atoms with Crippen LogP contribution in [0.15, 0.2) is 52.5 Å². The van der Waals surface area contributed by atoms with E-state index in [2.05, 4.69) is 10.3 Å². The quantitative estimate of drug-likeness (QED) is 0.760. The van der Waals surface area contributed by atoms with Gasteiger partial charge in [0.05, 0.1) is 5.56 Å². The molecule has 0 atom stereocenters. The van der Waals surface area contributed by atoms with E-state index >= 15 is 0 Å². The topological polar surface area (TPSA) is 68.3 Å². The Labute approximate surface area is 149 Å². The number of hydrogen-bond acceptors (Lipinski definition) is 5. The van der Waals surface area contributed by atoms with Crippen LogP contribution in [0.5, 0.6) is 0 Å². The van der Waals surface area contributed by atoms with Gasteiger partial charge in [0.1, 0.15) is 5.03 Å². The third-order valence-electron chi connectivity index (χ3n) is 2.93. The van der Waals surface area contributed by atoms with Gasteiger partial charge < -0.3 is 10.1 Å². The van der Waals surface area contributed by atoms with E-state index in [9.17, 15) is 9.59 Å². The Bertz CT molecular complexity index is 707. The molecule has 24 heavy (non-hydrogen) atoms. The van der Waals surface area contributed by atoms with E-state index in [0.29, 0.717) is 22.2 Å². The Morgan fingerprint density at radius 3 is 2.71 bits per heavy atom. The molecule has 0 aliphatic carbocycles. The number of nitrogens with zero attached hydrogens (tertiary/aromatic N) is 1. The summed E-state index contributed by atoms with van der Waals surface area (Å²) < 4.78 is 5.06. The summed E-state index contributed by atoms with van der Waals surface area (Å²) >= 11 is 7.19. The van der Waals surface area contributed by atoms with Crippen LogP contribution in [0.1, 0.15) is 23.7 Å². The molecule has 1 aromatic heterocycles. The third-order valence-corrected chi connectivity index (χ3v) is 4.20. The second-order valence-corrected chi connectivity index (χ2v) is 6.34. The maximum atomic E-state index is 12.2. The molecule has 2 aromatic rings. The number of carbonyl (C=O) groups excluding carboxylic acids is 2. The molecule has 5 nitrogen and oxygen atoms in total. The molecule has 1 N–H and O–H groups in total. The summed E-state index contributed by atoms with van der Waals surface area (Å²) in [5.74, 6) is -0.896. The molecule has 0 bridgehead atoms. The fraction of sp³-hybridized carbons (Fsp3) is 0.235. The molecular weight excluding hydrogens is 348 g/mol. The number of carbonyl (C=O) groups is 2. The van der Waals surface area contributed by atoms with Gasteiger partial charge in [0.15, 0.2) is 6.61 Å². The molecule has 0 unspecified atom stereocenters. The first-order chi connectivity index (χ1) is 11.6. The monoisotopic (exact) mass is 364 g/mol. The van der Waals surface area contributed by atoms with Crippen LogP contribution in [0.25, 0.3) is 0 Å². The Morgan fingerprint density at radius 1 is 1.25 bits per heavy atom. The highest BCUT2D eigenvalue weighted by Crippen LogP contribution is 2.29. The number of hydrogen-bond donors (Lipinski definition) is 1. The largest absolute Gasteiger partial charge is 0.452 e. The molecule has 0 radical (unpaired) electrons. The Morgan fingerprint density at radius 2 is 2.00 bits per heavy atom. The van der Waals surface area contributed by atoms with Crippen LogP contribution in [-0.4, -0.2) is 30.0 Å². The maximum Gasteiger partial charge on any atom is 0.341 e. The average Bonchev–Trinajstić information content (AvgIpc) is 2.60. The Hall–Kier alpha value is -2.05. The number of halogens is 1. The van der Waals surface area contributed by atoms with E-state index in [1.165, 1.54) is 11.8 Å². The number of benzene rings is 1. The van der Waals surface area contributed by atoms with Crippen LogP contribution in [0.2, 0.25) is 5.02 Å². The van der Waals surface area contributed by atoms with Crippen LogP contribution >= 0.6 is 23.4 Å². The molecule has 0 aliphatic rings. The molecule has 126 valence electrons. The standard InChI is InChI=1S/C17H17ClN2O3S/c1-2-9-19-15(21)11-23-17(22)14-4-3-10-20-16(14)24-13-7-5-12(18)6-8-13/h3-8,10H,2,9,11H2,1H3,(H,19,21). The summed E-state index contributed by atoms with van der Waals surface area (Å²) in [6.07, 6.45) is 2.42. The summed E-state index contributed by atoms with van der Waals surface area (Å²) in [7, 11) is 0. The number of pyridine rings is 1.